The third-order valence-corrected chi connectivity index (χ3v) is 3.77. The Hall–Kier alpha value is 0.380. The predicted molar refractivity (Wildman–Crippen MR) is 72.4 cm³/mol. The first kappa shape index (κ1) is 12.4. The second kappa shape index (κ2) is 5.46. The molecule has 0 saturated carbocycles. The lowest BCUT2D eigenvalue weighted by Crippen LogP contribution is -2.30. The van der Waals surface area contributed by atoms with Gasteiger partial charge in [0.15, 0.2) is 0 Å². The van der Waals surface area contributed by atoms with E-state index in [-0.39, 0.29) is 5.91 Å². The highest BCUT2D eigenvalue weighted by Crippen LogP contribution is 2.18. The molecule has 0 fully saturated rings. The highest BCUT2D eigenvalue weighted by atomic mass is 127. The summed E-state index contributed by atoms with van der Waals surface area (Å²) in [5, 5.41) is 1.90. The molecule has 1 aromatic rings. The number of hydrogen-bond donors (Lipinski definition) is 0. The Balaban J connectivity index is 2.65. The van der Waals surface area contributed by atoms with Crippen molar-refractivity contribution in [2.24, 2.45) is 0 Å². The van der Waals surface area contributed by atoms with Gasteiger partial charge in [-0.2, -0.15) is 0 Å². The fourth-order valence-electron chi connectivity index (χ4n) is 1.10. The van der Waals surface area contributed by atoms with Crippen LogP contribution in [0.5, 0.6) is 0 Å². The first-order chi connectivity index (χ1) is 6.50. The minimum atomic E-state index is 0.0930. The van der Waals surface area contributed by atoms with Gasteiger partial charge in [-0.25, -0.2) is 0 Å². The summed E-state index contributed by atoms with van der Waals surface area (Å²) in [5.41, 5.74) is 0.787. The molecule has 14 heavy (non-hydrogen) atoms. The second-order valence-corrected chi connectivity index (χ2v) is 7.47. The van der Waals surface area contributed by atoms with E-state index in [0.717, 1.165) is 15.0 Å². The number of carbonyl (C=O) groups excluding carboxylic acids is 1. The molecular weight excluding hydrogens is 377 g/mol. The number of hydrogen-bond acceptors (Lipinski definition) is 2. The van der Waals surface area contributed by atoms with E-state index in [1.807, 2.05) is 25.4 Å². The van der Waals surface area contributed by atoms with Gasteiger partial charge >= 0.3 is 0 Å². The lowest BCUT2D eigenvalue weighted by molar-refractivity contribution is 0.0798. The van der Waals surface area contributed by atoms with Crippen molar-refractivity contribution in [3.05, 3.63) is 19.9 Å². The van der Waals surface area contributed by atoms with E-state index in [9.17, 15) is 4.79 Å². The average Bonchev–Trinajstić information content (AvgIpc) is 2.49. The van der Waals surface area contributed by atoms with E-state index in [2.05, 4.69) is 38.5 Å². The van der Waals surface area contributed by atoms with Gasteiger partial charge in [-0.1, -0.05) is 22.9 Å². The van der Waals surface area contributed by atoms with Crippen LogP contribution >= 0.6 is 49.9 Å². The molecule has 1 amide bonds. The summed E-state index contributed by atoms with van der Waals surface area (Å²) in [5.74, 6) is 0.0930. The summed E-state index contributed by atoms with van der Waals surface area (Å²) in [7, 11) is 1.82. The van der Waals surface area contributed by atoms with Crippen molar-refractivity contribution in [1.29, 1.82) is 0 Å². The zero-order valence-corrected chi connectivity index (χ0v) is 12.5. The van der Waals surface area contributed by atoms with Gasteiger partial charge in [0.05, 0.1) is 8.45 Å². The largest absolute Gasteiger partial charge is 0.341 e. The van der Waals surface area contributed by atoms with Crippen LogP contribution < -0.4 is 0 Å². The van der Waals surface area contributed by atoms with E-state index in [4.69, 9.17) is 0 Å². The molecule has 5 heteroatoms. The zero-order chi connectivity index (χ0) is 10.7. The number of halogens is 2. The Bertz CT molecular complexity index is 326. The fraction of sp³-hybridized carbons (Fsp3) is 0.444. The minimum Gasteiger partial charge on any atom is -0.341 e. The molecule has 1 rings (SSSR count). The Morgan fingerprint density at radius 3 is 2.86 bits per heavy atom. The van der Waals surface area contributed by atoms with Gasteiger partial charge in [-0.3, -0.25) is 4.79 Å². The molecule has 0 N–H and O–H groups in total. The first-order valence-electron chi connectivity index (χ1n) is 4.14. The molecule has 0 radical (unpaired) electrons. The number of amides is 1. The summed E-state index contributed by atoms with van der Waals surface area (Å²) in [4.78, 5) is 13.9. The zero-order valence-electron chi connectivity index (χ0n) is 7.96. The maximum Gasteiger partial charge on any atom is 0.254 e. The third-order valence-electron chi connectivity index (χ3n) is 1.69. The smallest absolute Gasteiger partial charge is 0.254 e. The van der Waals surface area contributed by atoms with Crippen LogP contribution in [0.3, 0.4) is 0 Å². The molecule has 0 aliphatic carbocycles. The van der Waals surface area contributed by atoms with Crippen molar-refractivity contribution in [2.75, 3.05) is 13.6 Å². The molecule has 0 saturated heterocycles. The van der Waals surface area contributed by atoms with E-state index in [0.29, 0.717) is 4.83 Å². The lowest BCUT2D eigenvalue weighted by Gasteiger charge is -2.17. The van der Waals surface area contributed by atoms with Crippen molar-refractivity contribution < 1.29 is 4.79 Å². The van der Waals surface area contributed by atoms with Crippen LogP contribution in [-0.2, 0) is 0 Å². The van der Waals surface area contributed by atoms with Crippen LogP contribution in [0.2, 0.25) is 0 Å². The minimum absolute atomic E-state index is 0.0930. The summed E-state index contributed by atoms with van der Waals surface area (Å²) in [6.45, 7) is 2.76. The summed E-state index contributed by atoms with van der Waals surface area (Å²) in [6, 6.07) is 1.92. The molecule has 0 spiro atoms. The predicted octanol–water partition coefficient (Wildman–Crippen LogP) is 3.21. The van der Waals surface area contributed by atoms with Gasteiger partial charge in [0.25, 0.3) is 5.91 Å². The Kier molecular flexibility index (Phi) is 4.86. The van der Waals surface area contributed by atoms with Gasteiger partial charge in [0.2, 0.25) is 0 Å². The van der Waals surface area contributed by atoms with Gasteiger partial charge in [0.1, 0.15) is 0 Å². The van der Waals surface area contributed by atoms with Crippen LogP contribution in [0, 0.1) is 2.88 Å². The standard InChI is InChI=1S/C9H11BrINOS/c1-6(10)4-12(2)9(13)7-3-8(11)14-5-7/h3,5-6H,4H2,1-2H3. The summed E-state index contributed by atoms with van der Waals surface area (Å²) >= 11 is 7.25. The van der Waals surface area contributed by atoms with Gasteiger partial charge < -0.3 is 4.90 Å². The highest BCUT2D eigenvalue weighted by molar-refractivity contribution is 14.1. The van der Waals surface area contributed by atoms with Gasteiger partial charge in [-0.15, -0.1) is 11.3 Å². The number of alkyl halides is 1. The van der Waals surface area contributed by atoms with Crippen LogP contribution in [0.1, 0.15) is 17.3 Å². The Labute approximate surface area is 110 Å². The van der Waals surface area contributed by atoms with E-state index < -0.39 is 0 Å². The SMILES string of the molecule is CC(Br)CN(C)C(=O)c1csc(I)c1. The maximum atomic E-state index is 11.8. The van der Waals surface area contributed by atoms with Crippen LogP contribution in [0.15, 0.2) is 11.4 Å². The van der Waals surface area contributed by atoms with Crippen LogP contribution in [0.25, 0.3) is 0 Å². The average molecular weight is 388 g/mol. The van der Waals surface area contributed by atoms with Crippen molar-refractivity contribution in [2.45, 2.75) is 11.8 Å². The fourth-order valence-corrected chi connectivity index (χ4v) is 2.86. The quantitative estimate of drug-likeness (QED) is 0.576. The Morgan fingerprint density at radius 1 is 1.79 bits per heavy atom. The molecule has 78 valence electrons. The van der Waals surface area contributed by atoms with Crippen molar-refractivity contribution in [1.82, 2.24) is 4.90 Å². The number of carbonyl (C=O) groups is 1. The molecular formula is C9H11BrINOS. The highest BCUT2D eigenvalue weighted by Gasteiger charge is 2.14. The maximum absolute atomic E-state index is 11.8. The number of rotatable bonds is 3. The molecule has 0 aromatic carbocycles. The van der Waals surface area contributed by atoms with Crippen molar-refractivity contribution in [3.63, 3.8) is 0 Å². The van der Waals surface area contributed by atoms with Crippen LogP contribution in [0.4, 0.5) is 0 Å². The molecule has 0 bridgehead atoms. The molecule has 2 nitrogen and oxygen atoms in total. The topological polar surface area (TPSA) is 20.3 Å². The molecule has 1 heterocycles. The first-order valence-corrected chi connectivity index (χ1v) is 7.01. The van der Waals surface area contributed by atoms with Gasteiger partial charge in [-0.05, 0) is 28.7 Å². The second-order valence-electron chi connectivity index (χ2n) is 3.11. The third kappa shape index (κ3) is 3.51. The molecule has 1 aromatic heterocycles. The summed E-state index contributed by atoms with van der Waals surface area (Å²) < 4.78 is 1.14. The monoisotopic (exact) mass is 387 g/mol. The van der Waals surface area contributed by atoms with E-state index in [1.54, 1.807) is 16.2 Å². The van der Waals surface area contributed by atoms with E-state index >= 15 is 0 Å². The van der Waals surface area contributed by atoms with Gasteiger partial charge in [0, 0.05) is 23.8 Å². The van der Waals surface area contributed by atoms with E-state index in [1.165, 1.54) is 0 Å². The number of nitrogens with zero attached hydrogens (tertiary/aromatic N) is 1. The van der Waals surface area contributed by atoms with Crippen molar-refractivity contribution in [3.8, 4) is 0 Å². The van der Waals surface area contributed by atoms with Crippen molar-refractivity contribution >= 4 is 55.8 Å². The molecule has 1 unspecified atom stereocenters. The normalized spacial score (nSPS) is 12.6. The summed E-state index contributed by atoms with van der Waals surface area (Å²) in [6.07, 6.45) is 0. The van der Waals surface area contributed by atoms with Crippen LogP contribution in [-0.4, -0.2) is 29.2 Å². The molecule has 0 aliphatic heterocycles. The Morgan fingerprint density at radius 2 is 2.43 bits per heavy atom. The molecule has 1 atom stereocenters. The lowest BCUT2D eigenvalue weighted by atomic mass is 10.3. The molecule has 0 aliphatic rings. The number of thiophene rings is 1.